The number of hydrogen-bond donors (Lipinski definition) is 2. The van der Waals surface area contributed by atoms with Crippen LogP contribution in [0.2, 0.25) is 0 Å². The summed E-state index contributed by atoms with van der Waals surface area (Å²) in [6.07, 6.45) is 3.53. The van der Waals surface area contributed by atoms with Crippen molar-refractivity contribution in [3.05, 3.63) is 47.8 Å². The molecule has 3 rings (SSSR count). The molecule has 0 saturated carbocycles. The summed E-state index contributed by atoms with van der Waals surface area (Å²) in [7, 11) is -3.72. The van der Waals surface area contributed by atoms with Gasteiger partial charge in [-0.05, 0) is 49.4 Å². The fourth-order valence-electron chi connectivity index (χ4n) is 3.10. The van der Waals surface area contributed by atoms with E-state index in [4.69, 9.17) is 0 Å². The average Bonchev–Trinajstić information content (AvgIpc) is 3.08. The molecule has 2 aromatic rings. The van der Waals surface area contributed by atoms with Crippen LogP contribution in [0, 0.1) is 18.7 Å². The second kappa shape index (κ2) is 6.62. The Labute approximate surface area is 140 Å². The summed E-state index contributed by atoms with van der Waals surface area (Å²) in [5.74, 6) is -0.120. The van der Waals surface area contributed by atoms with Gasteiger partial charge in [0, 0.05) is 25.5 Å². The molecule has 2 heterocycles. The number of imidazole rings is 1. The van der Waals surface area contributed by atoms with E-state index < -0.39 is 21.9 Å². The van der Waals surface area contributed by atoms with Crippen molar-refractivity contribution >= 4 is 10.0 Å². The van der Waals surface area contributed by atoms with Gasteiger partial charge < -0.3 is 10.1 Å². The normalized spacial score (nSPS) is 18.6. The minimum Gasteiger partial charge on any atom is -0.385 e. The number of hydrogen-bond acceptors (Lipinski definition) is 4. The zero-order chi connectivity index (χ0) is 17.3. The number of rotatable bonds is 4. The summed E-state index contributed by atoms with van der Waals surface area (Å²) in [5, 5.41) is 10.3. The fourth-order valence-corrected chi connectivity index (χ4v) is 4.68. The Hall–Kier alpha value is -1.77. The quantitative estimate of drug-likeness (QED) is 0.880. The van der Waals surface area contributed by atoms with Crippen molar-refractivity contribution < 1.29 is 17.9 Å². The van der Waals surface area contributed by atoms with E-state index >= 15 is 0 Å². The van der Waals surface area contributed by atoms with E-state index in [0.717, 1.165) is 6.07 Å². The number of aromatic amines is 1. The number of benzene rings is 1. The highest BCUT2D eigenvalue weighted by atomic mass is 32.2. The number of nitrogens with zero attached hydrogens (tertiary/aromatic N) is 2. The molecular weight excluding hydrogens is 333 g/mol. The first kappa shape index (κ1) is 17.1. The van der Waals surface area contributed by atoms with Crippen LogP contribution >= 0.6 is 0 Å². The van der Waals surface area contributed by atoms with E-state index in [1.165, 1.54) is 16.4 Å². The first-order chi connectivity index (χ1) is 11.4. The molecule has 1 aromatic carbocycles. The van der Waals surface area contributed by atoms with Gasteiger partial charge in [-0.25, -0.2) is 17.8 Å². The minimum absolute atomic E-state index is 0.0231. The Morgan fingerprint density at radius 1 is 1.33 bits per heavy atom. The van der Waals surface area contributed by atoms with Gasteiger partial charge in [-0.3, -0.25) is 0 Å². The standard InChI is InChI=1S/C16H20FN3O3S/c1-11-8-13(17)10-14(9-11)24(22,23)20-6-2-12(3-7-20)15(21)16-18-4-5-19-16/h4-5,8-10,12,15,21H,2-3,6-7H2,1H3,(H,18,19). The van der Waals surface area contributed by atoms with E-state index in [1.807, 2.05) is 0 Å². The third-order valence-electron chi connectivity index (χ3n) is 4.40. The molecule has 0 bridgehead atoms. The van der Waals surface area contributed by atoms with Crippen molar-refractivity contribution in [3.8, 4) is 0 Å². The van der Waals surface area contributed by atoms with Crippen LogP contribution < -0.4 is 0 Å². The van der Waals surface area contributed by atoms with Crippen molar-refractivity contribution in [2.24, 2.45) is 5.92 Å². The van der Waals surface area contributed by atoms with Gasteiger partial charge >= 0.3 is 0 Å². The number of aliphatic hydroxyl groups is 1. The van der Waals surface area contributed by atoms with E-state index in [1.54, 1.807) is 19.3 Å². The van der Waals surface area contributed by atoms with Crippen molar-refractivity contribution in [3.63, 3.8) is 0 Å². The monoisotopic (exact) mass is 353 g/mol. The number of halogens is 1. The van der Waals surface area contributed by atoms with Crippen LogP contribution in [0.25, 0.3) is 0 Å². The van der Waals surface area contributed by atoms with Crippen LogP contribution in [0.4, 0.5) is 4.39 Å². The molecule has 1 fully saturated rings. The highest BCUT2D eigenvalue weighted by Gasteiger charge is 2.33. The number of aromatic nitrogens is 2. The second-order valence-electron chi connectivity index (χ2n) is 6.13. The van der Waals surface area contributed by atoms with Crippen LogP contribution in [-0.4, -0.2) is 40.9 Å². The summed E-state index contributed by atoms with van der Waals surface area (Å²) < 4.78 is 40.2. The van der Waals surface area contributed by atoms with E-state index in [2.05, 4.69) is 9.97 Å². The predicted octanol–water partition coefficient (Wildman–Crippen LogP) is 1.99. The van der Waals surface area contributed by atoms with Gasteiger partial charge in [-0.1, -0.05) is 0 Å². The average molecular weight is 353 g/mol. The van der Waals surface area contributed by atoms with E-state index in [0.29, 0.717) is 37.3 Å². The molecule has 6 nitrogen and oxygen atoms in total. The van der Waals surface area contributed by atoms with Crippen LogP contribution in [0.3, 0.4) is 0 Å². The van der Waals surface area contributed by atoms with Gasteiger partial charge in [-0.2, -0.15) is 4.31 Å². The molecule has 1 saturated heterocycles. The molecule has 1 atom stereocenters. The Balaban J connectivity index is 1.71. The topological polar surface area (TPSA) is 86.3 Å². The number of sulfonamides is 1. The zero-order valence-electron chi connectivity index (χ0n) is 13.3. The molecule has 24 heavy (non-hydrogen) atoms. The molecule has 0 radical (unpaired) electrons. The SMILES string of the molecule is Cc1cc(F)cc(S(=O)(=O)N2CCC(C(O)c3ncc[nH]3)CC2)c1. The zero-order valence-corrected chi connectivity index (χ0v) is 14.1. The Morgan fingerprint density at radius 2 is 2.04 bits per heavy atom. The molecule has 1 aromatic heterocycles. The Bertz CT molecular complexity index is 780. The lowest BCUT2D eigenvalue weighted by Crippen LogP contribution is -2.39. The van der Waals surface area contributed by atoms with Crippen molar-refractivity contribution in [1.82, 2.24) is 14.3 Å². The molecule has 0 aliphatic carbocycles. The fraction of sp³-hybridized carbons (Fsp3) is 0.438. The molecule has 1 aliphatic heterocycles. The van der Waals surface area contributed by atoms with Crippen LogP contribution in [-0.2, 0) is 10.0 Å². The lowest BCUT2D eigenvalue weighted by Gasteiger charge is -2.33. The third-order valence-corrected chi connectivity index (χ3v) is 6.27. The molecule has 0 spiro atoms. The highest BCUT2D eigenvalue weighted by Crippen LogP contribution is 2.31. The number of aliphatic hydroxyl groups excluding tert-OH is 1. The molecule has 1 unspecified atom stereocenters. The number of nitrogens with one attached hydrogen (secondary N) is 1. The van der Waals surface area contributed by atoms with Crippen molar-refractivity contribution in [2.45, 2.75) is 30.8 Å². The molecular formula is C16H20FN3O3S. The lowest BCUT2D eigenvalue weighted by atomic mass is 9.92. The second-order valence-corrected chi connectivity index (χ2v) is 8.06. The Kier molecular flexibility index (Phi) is 4.71. The Morgan fingerprint density at radius 3 is 2.62 bits per heavy atom. The van der Waals surface area contributed by atoms with E-state index in [-0.39, 0.29) is 10.8 Å². The lowest BCUT2D eigenvalue weighted by molar-refractivity contribution is 0.0696. The predicted molar refractivity (Wildman–Crippen MR) is 86.2 cm³/mol. The van der Waals surface area contributed by atoms with Crippen LogP contribution in [0.5, 0.6) is 0 Å². The van der Waals surface area contributed by atoms with Crippen molar-refractivity contribution in [1.29, 1.82) is 0 Å². The minimum atomic E-state index is -3.72. The first-order valence-electron chi connectivity index (χ1n) is 7.82. The van der Waals surface area contributed by atoms with Gasteiger partial charge in [0.25, 0.3) is 0 Å². The molecule has 8 heteroatoms. The molecule has 130 valence electrons. The van der Waals surface area contributed by atoms with Gasteiger partial charge in [-0.15, -0.1) is 0 Å². The van der Waals surface area contributed by atoms with Crippen LogP contribution in [0.15, 0.2) is 35.5 Å². The summed E-state index contributed by atoms with van der Waals surface area (Å²) in [4.78, 5) is 6.90. The molecule has 0 amide bonds. The molecule has 2 N–H and O–H groups in total. The summed E-state index contributed by atoms with van der Waals surface area (Å²) in [6.45, 7) is 2.24. The summed E-state index contributed by atoms with van der Waals surface area (Å²) >= 11 is 0. The maximum absolute atomic E-state index is 13.5. The van der Waals surface area contributed by atoms with Gasteiger partial charge in [0.15, 0.2) is 0 Å². The molecule has 1 aliphatic rings. The van der Waals surface area contributed by atoms with E-state index in [9.17, 15) is 17.9 Å². The third kappa shape index (κ3) is 3.35. The van der Waals surface area contributed by atoms with Crippen molar-refractivity contribution in [2.75, 3.05) is 13.1 Å². The highest BCUT2D eigenvalue weighted by molar-refractivity contribution is 7.89. The maximum Gasteiger partial charge on any atom is 0.243 e. The smallest absolute Gasteiger partial charge is 0.243 e. The van der Waals surface area contributed by atoms with Gasteiger partial charge in [0.2, 0.25) is 10.0 Å². The van der Waals surface area contributed by atoms with Gasteiger partial charge in [0.1, 0.15) is 17.7 Å². The number of H-pyrrole nitrogens is 1. The summed E-state index contributed by atoms with van der Waals surface area (Å²) in [6, 6.07) is 3.82. The largest absolute Gasteiger partial charge is 0.385 e. The number of aryl methyl sites for hydroxylation is 1. The maximum atomic E-state index is 13.5. The van der Waals surface area contributed by atoms with Crippen LogP contribution in [0.1, 0.15) is 30.3 Å². The van der Waals surface area contributed by atoms with Gasteiger partial charge in [0.05, 0.1) is 4.90 Å². The number of piperidine rings is 1. The summed E-state index contributed by atoms with van der Waals surface area (Å²) in [5.41, 5.74) is 0.566. The first-order valence-corrected chi connectivity index (χ1v) is 9.26.